The first-order chi connectivity index (χ1) is 9.31. The molecule has 0 aliphatic heterocycles. The maximum absolute atomic E-state index is 13.3. The van der Waals surface area contributed by atoms with Crippen LogP contribution in [-0.4, -0.2) is 6.21 Å². The molecule has 0 fully saturated rings. The van der Waals surface area contributed by atoms with Gasteiger partial charge in [-0.25, -0.2) is 4.39 Å². The number of benzene rings is 2. The normalized spacial score (nSPS) is 10.6. The fourth-order valence-electron chi connectivity index (χ4n) is 1.65. The second kappa shape index (κ2) is 6.50. The molecule has 2 nitrogen and oxygen atoms in total. The van der Waals surface area contributed by atoms with Gasteiger partial charge in [0.05, 0.1) is 6.21 Å². The van der Waals surface area contributed by atoms with Gasteiger partial charge in [-0.3, -0.25) is 0 Å². The number of oxime groups is 1. The quantitative estimate of drug-likeness (QED) is 0.584. The van der Waals surface area contributed by atoms with Crippen molar-refractivity contribution < 1.29 is 9.23 Å². The third kappa shape index (κ3) is 3.52. The summed E-state index contributed by atoms with van der Waals surface area (Å²) in [7, 11) is 0. The molecule has 96 valence electrons. The summed E-state index contributed by atoms with van der Waals surface area (Å²) in [5.74, 6) is -0.318. The van der Waals surface area contributed by atoms with Crippen molar-refractivity contribution in [2.45, 2.75) is 6.61 Å². The Bertz CT molecular complexity index is 593. The minimum Gasteiger partial charge on any atom is -0.391 e. The van der Waals surface area contributed by atoms with Gasteiger partial charge in [0.25, 0.3) is 0 Å². The molecule has 0 saturated heterocycles. The molecule has 0 unspecified atom stereocenters. The molecular weight excluding hydrogens is 241 g/mol. The van der Waals surface area contributed by atoms with Crippen molar-refractivity contribution >= 4 is 12.3 Å². The van der Waals surface area contributed by atoms with Crippen LogP contribution in [0, 0.1) is 5.82 Å². The lowest BCUT2D eigenvalue weighted by atomic mass is 10.1. The smallest absolute Gasteiger partial charge is 0.142 e. The van der Waals surface area contributed by atoms with E-state index in [1.165, 1.54) is 12.3 Å². The molecular formula is C16H14FNO. The fraction of sp³-hybridized carbons (Fsp3) is 0.0625. The summed E-state index contributed by atoms with van der Waals surface area (Å²) in [6.07, 6.45) is 3.13. The largest absolute Gasteiger partial charge is 0.391 e. The number of hydrogen-bond donors (Lipinski definition) is 0. The zero-order chi connectivity index (χ0) is 13.5. The monoisotopic (exact) mass is 255 g/mol. The van der Waals surface area contributed by atoms with Crippen LogP contribution in [-0.2, 0) is 11.4 Å². The number of halogens is 1. The Kier molecular flexibility index (Phi) is 4.45. The molecule has 0 aromatic heterocycles. The van der Waals surface area contributed by atoms with Crippen molar-refractivity contribution in [1.29, 1.82) is 0 Å². The van der Waals surface area contributed by atoms with Crippen LogP contribution in [0.4, 0.5) is 4.39 Å². The third-order valence-electron chi connectivity index (χ3n) is 2.67. The second-order valence-corrected chi connectivity index (χ2v) is 3.93. The highest BCUT2D eigenvalue weighted by Crippen LogP contribution is 2.11. The van der Waals surface area contributed by atoms with Crippen molar-refractivity contribution in [3.8, 4) is 0 Å². The maximum Gasteiger partial charge on any atom is 0.142 e. The Labute approximate surface area is 111 Å². The van der Waals surface area contributed by atoms with E-state index in [-0.39, 0.29) is 5.82 Å². The summed E-state index contributed by atoms with van der Waals surface area (Å²) >= 11 is 0. The lowest BCUT2D eigenvalue weighted by Crippen LogP contribution is -1.92. The fourth-order valence-corrected chi connectivity index (χ4v) is 1.65. The van der Waals surface area contributed by atoms with Gasteiger partial charge in [0.15, 0.2) is 0 Å². The summed E-state index contributed by atoms with van der Waals surface area (Å²) in [5.41, 5.74) is 2.39. The molecule has 0 heterocycles. The predicted molar refractivity (Wildman–Crippen MR) is 75.3 cm³/mol. The molecule has 3 heteroatoms. The molecule has 0 N–H and O–H groups in total. The lowest BCUT2D eigenvalue weighted by molar-refractivity contribution is 0.132. The highest BCUT2D eigenvalue weighted by Gasteiger charge is 1.99. The molecule has 0 spiro atoms. The third-order valence-corrected chi connectivity index (χ3v) is 2.67. The Morgan fingerprint density at radius 3 is 2.47 bits per heavy atom. The molecule has 2 aromatic carbocycles. The molecule has 0 aliphatic carbocycles. The van der Waals surface area contributed by atoms with Crippen molar-refractivity contribution in [1.82, 2.24) is 0 Å². The highest BCUT2D eigenvalue weighted by molar-refractivity contribution is 5.79. The molecule has 2 aromatic rings. The van der Waals surface area contributed by atoms with Crippen LogP contribution in [0.15, 0.2) is 60.3 Å². The first-order valence-corrected chi connectivity index (χ1v) is 5.91. The van der Waals surface area contributed by atoms with Crippen LogP contribution in [0.1, 0.15) is 16.7 Å². The first kappa shape index (κ1) is 13.0. The van der Waals surface area contributed by atoms with Gasteiger partial charge >= 0.3 is 0 Å². The molecule has 0 bridgehead atoms. The molecule has 0 atom stereocenters. The van der Waals surface area contributed by atoms with E-state index in [1.54, 1.807) is 24.3 Å². The Morgan fingerprint density at radius 2 is 1.74 bits per heavy atom. The second-order valence-electron chi connectivity index (χ2n) is 3.93. The van der Waals surface area contributed by atoms with Gasteiger partial charge in [-0.2, -0.15) is 0 Å². The van der Waals surface area contributed by atoms with E-state index < -0.39 is 0 Å². The molecule has 2 rings (SSSR count). The number of rotatable bonds is 5. The number of nitrogens with zero attached hydrogens (tertiary/aromatic N) is 1. The lowest BCUT2D eigenvalue weighted by Gasteiger charge is -2.03. The van der Waals surface area contributed by atoms with Gasteiger partial charge < -0.3 is 4.84 Å². The van der Waals surface area contributed by atoms with E-state index in [0.29, 0.717) is 12.2 Å². The standard InChI is InChI=1S/C16H14FNO/c1-2-13-7-3-4-9-15(13)12-19-18-11-14-8-5-6-10-16(14)17/h2-11H,1,12H2. The molecule has 0 radical (unpaired) electrons. The Morgan fingerprint density at radius 1 is 1.05 bits per heavy atom. The minimum atomic E-state index is -0.318. The van der Waals surface area contributed by atoms with Crippen molar-refractivity contribution in [2.75, 3.05) is 0 Å². The SMILES string of the molecule is C=Cc1ccccc1CON=Cc1ccccc1F. The molecule has 0 aliphatic rings. The zero-order valence-corrected chi connectivity index (χ0v) is 10.4. The van der Waals surface area contributed by atoms with E-state index in [0.717, 1.165) is 11.1 Å². The highest BCUT2D eigenvalue weighted by atomic mass is 19.1. The van der Waals surface area contributed by atoms with Gasteiger partial charge in [0.1, 0.15) is 12.4 Å². The van der Waals surface area contributed by atoms with Crippen LogP contribution in [0.5, 0.6) is 0 Å². The van der Waals surface area contributed by atoms with Crippen molar-refractivity contribution in [3.05, 3.63) is 77.6 Å². The van der Waals surface area contributed by atoms with Gasteiger partial charge in [0.2, 0.25) is 0 Å². The van der Waals surface area contributed by atoms with Crippen LogP contribution >= 0.6 is 0 Å². The first-order valence-electron chi connectivity index (χ1n) is 5.91. The van der Waals surface area contributed by atoms with E-state index >= 15 is 0 Å². The van der Waals surface area contributed by atoms with Crippen molar-refractivity contribution in [3.63, 3.8) is 0 Å². The molecule has 19 heavy (non-hydrogen) atoms. The zero-order valence-electron chi connectivity index (χ0n) is 10.4. The van der Waals surface area contributed by atoms with Gasteiger partial charge in [0, 0.05) is 5.56 Å². The average molecular weight is 255 g/mol. The van der Waals surface area contributed by atoms with E-state index in [9.17, 15) is 4.39 Å². The van der Waals surface area contributed by atoms with Crippen LogP contribution in [0.25, 0.3) is 6.08 Å². The van der Waals surface area contributed by atoms with Crippen LogP contribution in [0.2, 0.25) is 0 Å². The summed E-state index contributed by atoms with van der Waals surface area (Å²) in [4.78, 5) is 5.18. The summed E-state index contributed by atoms with van der Waals surface area (Å²) in [6.45, 7) is 4.06. The van der Waals surface area contributed by atoms with Gasteiger partial charge in [-0.05, 0) is 17.2 Å². The summed E-state index contributed by atoms with van der Waals surface area (Å²) in [5, 5.41) is 3.77. The van der Waals surface area contributed by atoms with Gasteiger partial charge in [-0.15, -0.1) is 0 Å². The Balaban J connectivity index is 1.97. The van der Waals surface area contributed by atoms with E-state index in [4.69, 9.17) is 4.84 Å². The van der Waals surface area contributed by atoms with Crippen molar-refractivity contribution in [2.24, 2.45) is 5.16 Å². The predicted octanol–water partition coefficient (Wildman–Crippen LogP) is 4.02. The van der Waals surface area contributed by atoms with Gasteiger partial charge in [-0.1, -0.05) is 60.3 Å². The average Bonchev–Trinajstić information content (AvgIpc) is 2.45. The maximum atomic E-state index is 13.3. The van der Waals surface area contributed by atoms with E-state index in [2.05, 4.69) is 11.7 Å². The number of hydrogen-bond acceptors (Lipinski definition) is 2. The summed E-state index contributed by atoms with van der Waals surface area (Å²) in [6, 6.07) is 14.1. The topological polar surface area (TPSA) is 21.6 Å². The Hall–Kier alpha value is -2.42. The van der Waals surface area contributed by atoms with E-state index in [1.807, 2.05) is 24.3 Å². The van der Waals surface area contributed by atoms with Crippen LogP contribution in [0.3, 0.4) is 0 Å². The summed E-state index contributed by atoms with van der Waals surface area (Å²) < 4.78 is 13.3. The minimum absolute atomic E-state index is 0.318. The molecule has 0 amide bonds. The molecule has 0 saturated carbocycles. The van der Waals surface area contributed by atoms with Crippen LogP contribution < -0.4 is 0 Å².